The lowest BCUT2D eigenvalue weighted by Gasteiger charge is -2.37. The summed E-state index contributed by atoms with van der Waals surface area (Å²) >= 11 is 0. The molecule has 0 unspecified atom stereocenters. The fraction of sp³-hybridized carbons (Fsp3) is 0.750. The smallest absolute Gasteiger partial charge is 0.414 e. The lowest BCUT2D eigenvalue weighted by atomic mass is 10.00. The van der Waals surface area contributed by atoms with Crippen LogP contribution in [0, 0.1) is 0 Å². The van der Waals surface area contributed by atoms with Crippen molar-refractivity contribution in [3.05, 3.63) is 0 Å². The molecule has 1 aliphatic rings. The number of hydrogen-bond donors (Lipinski definition) is 7. The second kappa shape index (κ2) is 7.20. The average molecular weight is 270 g/mol. The Hall–Kier alpha value is -1.30. The first-order chi connectivity index (χ1) is 8.22. The fourth-order valence-electron chi connectivity index (χ4n) is 1.08. The van der Waals surface area contributed by atoms with Crippen LogP contribution in [-0.2, 0) is 14.3 Å². The Kier molecular flexibility index (Phi) is 6.68. The number of aliphatic hydroxyl groups excluding tert-OH is 5. The van der Waals surface area contributed by atoms with E-state index in [1.54, 1.807) is 0 Å². The van der Waals surface area contributed by atoms with Gasteiger partial charge in [0.15, 0.2) is 6.29 Å². The summed E-state index contributed by atoms with van der Waals surface area (Å²) in [4.78, 5) is 18.2. The van der Waals surface area contributed by atoms with Gasteiger partial charge in [0.05, 0.1) is 6.61 Å². The van der Waals surface area contributed by atoms with Crippen molar-refractivity contribution < 1.29 is 50.1 Å². The third kappa shape index (κ3) is 4.52. The van der Waals surface area contributed by atoms with E-state index in [9.17, 15) is 0 Å². The molecule has 0 saturated carbocycles. The Balaban J connectivity index is 0.000000411. The minimum absolute atomic E-state index is 0.526. The molecule has 0 aromatic carbocycles. The van der Waals surface area contributed by atoms with Crippen molar-refractivity contribution in [1.82, 2.24) is 0 Å². The zero-order valence-corrected chi connectivity index (χ0v) is 8.95. The van der Waals surface area contributed by atoms with Crippen LogP contribution >= 0.6 is 0 Å². The van der Waals surface area contributed by atoms with Crippen molar-refractivity contribution >= 4 is 11.9 Å². The lowest BCUT2D eigenvalue weighted by Crippen LogP contribution is -2.58. The molecule has 0 amide bonds. The summed E-state index contributed by atoms with van der Waals surface area (Å²) in [5.41, 5.74) is 0. The maximum Gasteiger partial charge on any atom is 0.414 e. The normalized spacial score (nSPS) is 35.3. The van der Waals surface area contributed by atoms with Crippen LogP contribution in [0.4, 0.5) is 0 Å². The van der Waals surface area contributed by atoms with Gasteiger partial charge >= 0.3 is 11.9 Å². The van der Waals surface area contributed by atoms with Gasteiger partial charge in [0.25, 0.3) is 0 Å². The first-order valence-corrected chi connectivity index (χ1v) is 4.67. The van der Waals surface area contributed by atoms with Crippen LogP contribution < -0.4 is 0 Å². The van der Waals surface area contributed by atoms with Gasteiger partial charge in [0.2, 0.25) is 0 Å². The van der Waals surface area contributed by atoms with Crippen molar-refractivity contribution in [3.63, 3.8) is 0 Å². The number of ether oxygens (including phenoxy) is 1. The molecule has 10 heteroatoms. The second-order valence-electron chi connectivity index (χ2n) is 3.33. The molecule has 0 aromatic heterocycles. The summed E-state index contributed by atoms with van der Waals surface area (Å²) in [6, 6.07) is 0. The number of aliphatic hydroxyl groups is 5. The van der Waals surface area contributed by atoms with Crippen molar-refractivity contribution in [3.8, 4) is 0 Å². The predicted octanol–water partition coefficient (Wildman–Crippen LogP) is -4.07. The van der Waals surface area contributed by atoms with Gasteiger partial charge in [-0.15, -0.1) is 0 Å². The topological polar surface area (TPSA) is 185 Å². The number of carboxylic acids is 2. The summed E-state index contributed by atoms with van der Waals surface area (Å²) < 4.78 is 4.58. The highest BCUT2D eigenvalue weighted by molar-refractivity contribution is 6.27. The molecular weight excluding hydrogens is 256 g/mol. The molecule has 1 heterocycles. The average Bonchev–Trinajstić information content (AvgIpc) is 2.31. The molecule has 1 rings (SSSR count). The largest absolute Gasteiger partial charge is 0.473 e. The highest BCUT2D eigenvalue weighted by Gasteiger charge is 2.42. The Bertz CT molecular complexity index is 275. The Morgan fingerprint density at radius 1 is 0.889 bits per heavy atom. The SMILES string of the molecule is O=C(O)C(=O)O.OC[C@@H]1O[C@H](O)[C@@H](O)[C@@H](O)[C@@H]1O. The van der Waals surface area contributed by atoms with E-state index in [1.807, 2.05) is 0 Å². The second-order valence-corrected chi connectivity index (χ2v) is 3.33. The zero-order chi connectivity index (χ0) is 14.5. The molecule has 1 fully saturated rings. The summed E-state index contributed by atoms with van der Waals surface area (Å²) in [6.45, 7) is -0.526. The molecule has 5 atom stereocenters. The maximum absolute atomic E-state index is 9.12. The molecule has 10 nitrogen and oxygen atoms in total. The van der Waals surface area contributed by atoms with E-state index in [0.717, 1.165) is 0 Å². The van der Waals surface area contributed by atoms with Gasteiger partial charge in [-0.25, -0.2) is 9.59 Å². The van der Waals surface area contributed by atoms with Crippen molar-refractivity contribution in [2.24, 2.45) is 0 Å². The quantitative estimate of drug-likeness (QED) is 0.231. The van der Waals surface area contributed by atoms with E-state index in [-0.39, 0.29) is 0 Å². The van der Waals surface area contributed by atoms with Crippen molar-refractivity contribution in [2.75, 3.05) is 6.61 Å². The number of aliphatic carboxylic acids is 2. The minimum atomic E-state index is -1.82. The number of carboxylic acid groups (broad SMARTS) is 2. The fourth-order valence-corrected chi connectivity index (χ4v) is 1.08. The highest BCUT2D eigenvalue weighted by atomic mass is 16.6. The molecule has 18 heavy (non-hydrogen) atoms. The Morgan fingerprint density at radius 3 is 1.67 bits per heavy atom. The van der Waals surface area contributed by atoms with Gasteiger partial charge in [0, 0.05) is 0 Å². The Morgan fingerprint density at radius 2 is 1.33 bits per heavy atom. The predicted molar refractivity (Wildman–Crippen MR) is 51.3 cm³/mol. The molecule has 7 N–H and O–H groups in total. The van der Waals surface area contributed by atoms with Gasteiger partial charge in [-0.05, 0) is 0 Å². The molecule has 0 aliphatic carbocycles. The summed E-state index contributed by atoms with van der Waals surface area (Å²) in [6.07, 6.45) is -7.04. The first kappa shape index (κ1) is 16.7. The number of rotatable bonds is 1. The molecular formula is C8H14O10. The van der Waals surface area contributed by atoms with Gasteiger partial charge in [-0.2, -0.15) is 0 Å². The number of carbonyl (C=O) groups is 2. The van der Waals surface area contributed by atoms with Crippen LogP contribution in [0.25, 0.3) is 0 Å². The minimum Gasteiger partial charge on any atom is -0.473 e. The Labute approximate surface area is 100 Å². The van der Waals surface area contributed by atoms with Crippen LogP contribution in [0.3, 0.4) is 0 Å². The molecule has 0 spiro atoms. The van der Waals surface area contributed by atoms with Gasteiger partial charge < -0.3 is 40.5 Å². The van der Waals surface area contributed by atoms with Crippen LogP contribution in [-0.4, -0.2) is 85.0 Å². The molecule has 0 radical (unpaired) electrons. The number of hydrogen-bond acceptors (Lipinski definition) is 8. The van der Waals surface area contributed by atoms with Crippen LogP contribution in [0.2, 0.25) is 0 Å². The third-order valence-corrected chi connectivity index (χ3v) is 2.05. The summed E-state index contributed by atoms with van der Waals surface area (Å²) in [5, 5.41) is 59.4. The molecule has 1 aliphatic heterocycles. The lowest BCUT2D eigenvalue weighted by molar-refractivity contribution is -0.286. The van der Waals surface area contributed by atoms with E-state index in [4.69, 9.17) is 45.3 Å². The van der Waals surface area contributed by atoms with Gasteiger partial charge in [-0.1, -0.05) is 0 Å². The monoisotopic (exact) mass is 270 g/mol. The maximum atomic E-state index is 9.12. The highest BCUT2D eigenvalue weighted by Crippen LogP contribution is 2.18. The zero-order valence-electron chi connectivity index (χ0n) is 8.95. The molecule has 0 aromatic rings. The van der Waals surface area contributed by atoms with Gasteiger partial charge in [-0.3, -0.25) is 0 Å². The molecule has 106 valence electrons. The van der Waals surface area contributed by atoms with Gasteiger partial charge in [0.1, 0.15) is 24.4 Å². The van der Waals surface area contributed by atoms with E-state index in [0.29, 0.717) is 0 Å². The van der Waals surface area contributed by atoms with Crippen molar-refractivity contribution in [1.29, 1.82) is 0 Å². The van der Waals surface area contributed by atoms with Crippen LogP contribution in [0.1, 0.15) is 0 Å². The third-order valence-electron chi connectivity index (χ3n) is 2.05. The molecule has 1 saturated heterocycles. The van der Waals surface area contributed by atoms with E-state index in [2.05, 4.69) is 4.74 Å². The molecule has 0 bridgehead atoms. The van der Waals surface area contributed by atoms with Crippen molar-refractivity contribution in [2.45, 2.75) is 30.7 Å². The van der Waals surface area contributed by atoms with Crippen LogP contribution in [0.5, 0.6) is 0 Å². The summed E-state index contributed by atoms with van der Waals surface area (Å²) in [7, 11) is 0. The van der Waals surface area contributed by atoms with E-state index < -0.39 is 49.3 Å². The van der Waals surface area contributed by atoms with E-state index in [1.165, 1.54) is 0 Å². The summed E-state index contributed by atoms with van der Waals surface area (Å²) in [5.74, 6) is -3.65. The van der Waals surface area contributed by atoms with E-state index >= 15 is 0 Å². The first-order valence-electron chi connectivity index (χ1n) is 4.67. The van der Waals surface area contributed by atoms with Crippen LogP contribution in [0.15, 0.2) is 0 Å². The standard InChI is InChI=1S/C6H12O6.C2H2O4/c7-1-2-3(8)4(9)5(10)6(11)12-2;3-1(4)2(5)6/h2-11H,1H2;(H,3,4)(H,5,6)/t2-,3+,4-,5-,6-;/m0./s1.